The fourth-order valence-corrected chi connectivity index (χ4v) is 4.17. The van der Waals surface area contributed by atoms with Crippen LogP contribution in [0.4, 0.5) is 4.39 Å². The molecule has 0 bridgehead atoms. The Morgan fingerprint density at radius 2 is 2.10 bits per heavy atom. The molecule has 0 saturated heterocycles. The van der Waals surface area contributed by atoms with Crippen molar-refractivity contribution in [1.29, 1.82) is 0 Å². The van der Waals surface area contributed by atoms with Gasteiger partial charge in [-0.15, -0.1) is 11.3 Å². The van der Waals surface area contributed by atoms with Crippen molar-refractivity contribution in [2.75, 3.05) is 0 Å². The minimum absolute atomic E-state index is 0.0794. The molecule has 2 aromatic rings. The first-order valence-electron chi connectivity index (χ1n) is 6.73. The number of fused-ring (bicyclic) bond motifs is 1. The Bertz CT molecular complexity index is 639. The lowest BCUT2D eigenvalue weighted by atomic mass is 9.98. The number of ketones is 1. The molecule has 0 radical (unpaired) electrons. The monoisotopic (exact) mass is 352 g/mol. The Labute approximate surface area is 130 Å². The first-order chi connectivity index (χ1) is 9.65. The number of aryl methyl sites for hydroxylation is 2. The van der Waals surface area contributed by atoms with Crippen molar-refractivity contribution in [2.45, 2.75) is 32.1 Å². The van der Waals surface area contributed by atoms with Gasteiger partial charge >= 0.3 is 0 Å². The van der Waals surface area contributed by atoms with E-state index in [1.807, 2.05) is 6.07 Å². The van der Waals surface area contributed by atoms with Crippen LogP contribution >= 0.6 is 27.3 Å². The first-order valence-corrected chi connectivity index (χ1v) is 8.34. The molecule has 3 rings (SSSR count). The van der Waals surface area contributed by atoms with Gasteiger partial charge < -0.3 is 0 Å². The fraction of sp³-hybridized carbons (Fsp3) is 0.312. The van der Waals surface area contributed by atoms with Crippen LogP contribution in [0.15, 0.2) is 28.7 Å². The maximum atomic E-state index is 13.5. The second-order valence-electron chi connectivity index (χ2n) is 5.08. The van der Waals surface area contributed by atoms with E-state index in [-0.39, 0.29) is 18.0 Å². The molecule has 0 amide bonds. The Kier molecular flexibility index (Phi) is 4.03. The third-order valence-electron chi connectivity index (χ3n) is 3.65. The van der Waals surface area contributed by atoms with E-state index in [4.69, 9.17) is 0 Å². The van der Waals surface area contributed by atoms with Crippen LogP contribution in [-0.2, 0) is 19.3 Å². The molecule has 1 aromatic carbocycles. The topological polar surface area (TPSA) is 17.1 Å². The van der Waals surface area contributed by atoms with E-state index >= 15 is 0 Å². The zero-order chi connectivity index (χ0) is 14.1. The smallest absolute Gasteiger partial charge is 0.177 e. The highest BCUT2D eigenvalue weighted by Gasteiger charge is 2.18. The van der Waals surface area contributed by atoms with Crippen LogP contribution in [0, 0.1) is 5.82 Å². The summed E-state index contributed by atoms with van der Waals surface area (Å²) in [5.41, 5.74) is 2.05. The number of hydrogen-bond acceptors (Lipinski definition) is 2. The van der Waals surface area contributed by atoms with Gasteiger partial charge in [0.25, 0.3) is 0 Å². The van der Waals surface area contributed by atoms with Gasteiger partial charge in [-0.3, -0.25) is 4.79 Å². The number of carbonyl (C=O) groups is 1. The molecule has 20 heavy (non-hydrogen) atoms. The van der Waals surface area contributed by atoms with Gasteiger partial charge in [0, 0.05) is 11.3 Å². The minimum atomic E-state index is -0.319. The predicted octanol–water partition coefficient (Wildman–Crippen LogP) is 4.95. The number of Topliss-reactive ketones (excluding diaryl/α,β-unsaturated/α-hetero) is 1. The molecule has 0 N–H and O–H groups in total. The Balaban J connectivity index is 1.82. The molecule has 1 aromatic heterocycles. The highest BCUT2D eigenvalue weighted by molar-refractivity contribution is 9.10. The maximum Gasteiger partial charge on any atom is 0.177 e. The van der Waals surface area contributed by atoms with E-state index in [1.54, 1.807) is 23.5 Å². The molecular formula is C16H14BrFOS. The van der Waals surface area contributed by atoms with Crippen molar-refractivity contribution >= 4 is 33.0 Å². The summed E-state index contributed by atoms with van der Waals surface area (Å²) in [6.45, 7) is 0. The SMILES string of the molecule is O=C(Cc1cccc(F)c1Br)c1cc2c(s1)CCCC2. The molecule has 0 unspecified atom stereocenters. The van der Waals surface area contributed by atoms with Crippen LogP contribution < -0.4 is 0 Å². The third kappa shape index (κ3) is 2.72. The van der Waals surface area contributed by atoms with Gasteiger partial charge in [-0.05, 0) is 64.9 Å². The van der Waals surface area contributed by atoms with Gasteiger partial charge in [0.05, 0.1) is 9.35 Å². The van der Waals surface area contributed by atoms with E-state index < -0.39 is 0 Å². The van der Waals surface area contributed by atoms with Gasteiger partial charge in [-0.1, -0.05) is 12.1 Å². The van der Waals surface area contributed by atoms with E-state index in [0.29, 0.717) is 10.0 Å². The van der Waals surface area contributed by atoms with Gasteiger partial charge in [0.15, 0.2) is 5.78 Å². The van der Waals surface area contributed by atoms with Crippen molar-refractivity contribution in [3.05, 3.63) is 55.4 Å². The molecule has 0 atom stereocenters. The van der Waals surface area contributed by atoms with E-state index in [2.05, 4.69) is 15.9 Å². The molecule has 1 nitrogen and oxygen atoms in total. The van der Waals surface area contributed by atoms with Gasteiger partial charge in [-0.2, -0.15) is 0 Å². The largest absolute Gasteiger partial charge is 0.293 e. The Hall–Kier alpha value is -1.00. The predicted molar refractivity (Wildman–Crippen MR) is 83.1 cm³/mol. The maximum absolute atomic E-state index is 13.5. The Morgan fingerprint density at radius 3 is 2.90 bits per heavy atom. The quantitative estimate of drug-likeness (QED) is 0.714. The molecule has 1 aliphatic rings. The summed E-state index contributed by atoms with van der Waals surface area (Å²) in [7, 11) is 0. The summed E-state index contributed by atoms with van der Waals surface area (Å²) in [6, 6.07) is 6.86. The van der Waals surface area contributed by atoms with E-state index in [9.17, 15) is 9.18 Å². The number of benzene rings is 1. The lowest BCUT2D eigenvalue weighted by Gasteiger charge is -2.08. The summed E-state index contributed by atoms with van der Waals surface area (Å²) in [6.07, 6.45) is 4.86. The number of rotatable bonds is 3. The van der Waals surface area contributed by atoms with Crippen LogP contribution in [0.5, 0.6) is 0 Å². The molecule has 4 heteroatoms. The number of hydrogen-bond donors (Lipinski definition) is 0. The average molecular weight is 353 g/mol. The summed E-state index contributed by atoms with van der Waals surface area (Å²) in [4.78, 5) is 14.5. The molecular weight excluding hydrogens is 339 g/mol. The molecule has 104 valence electrons. The highest BCUT2D eigenvalue weighted by Crippen LogP contribution is 2.31. The third-order valence-corrected chi connectivity index (χ3v) is 5.82. The zero-order valence-electron chi connectivity index (χ0n) is 10.9. The highest BCUT2D eigenvalue weighted by atomic mass is 79.9. The van der Waals surface area contributed by atoms with Crippen LogP contribution in [0.1, 0.15) is 38.5 Å². The summed E-state index contributed by atoms with van der Waals surface area (Å²) in [5, 5.41) is 0. The summed E-state index contributed by atoms with van der Waals surface area (Å²) >= 11 is 4.83. The summed E-state index contributed by atoms with van der Waals surface area (Å²) in [5.74, 6) is -0.239. The molecule has 1 aliphatic carbocycles. The fourth-order valence-electron chi connectivity index (χ4n) is 2.57. The van der Waals surface area contributed by atoms with E-state index in [0.717, 1.165) is 17.7 Å². The van der Waals surface area contributed by atoms with Crippen LogP contribution in [0.3, 0.4) is 0 Å². The van der Waals surface area contributed by atoms with Gasteiger partial charge in [0.1, 0.15) is 5.82 Å². The number of thiophene rings is 1. The van der Waals surface area contributed by atoms with Crippen LogP contribution in [0.25, 0.3) is 0 Å². The summed E-state index contributed by atoms with van der Waals surface area (Å²) < 4.78 is 13.9. The van der Waals surface area contributed by atoms with Crippen molar-refractivity contribution < 1.29 is 9.18 Å². The van der Waals surface area contributed by atoms with Gasteiger partial charge in [0.2, 0.25) is 0 Å². The Morgan fingerprint density at radius 1 is 1.30 bits per heavy atom. The number of halogens is 2. The zero-order valence-corrected chi connectivity index (χ0v) is 13.3. The molecule has 0 saturated carbocycles. The first kappa shape index (κ1) is 14.0. The van der Waals surface area contributed by atoms with Crippen molar-refractivity contribution in [2.24, 2.45) is 0 Å². The normalized spacial score (nSPS) is 14.1. The van der Waals surface area contributed by atoms with Crippen molar-refractivity contribution in [3.63, 3.8) is 0 Å². The molecule has 0 fully saturated rings. The molecule has 1 heterocycles. The average Bonchev–Trinajstić information content (AvgIpc) is 2.88. The van der Waals surface area contributed by atoms with Crippen molar-refractivity contribution in [3.8, 4) is 0 Å². The number of carbonyl (C=O) groups excluding carboxylic acids is 1. The van der Waals surface area contributed by atoms with Gasteiger partial charge in [-0.25, -0.2) is 4.39 Å². The lowest BCUT2D eigenvalue weighted by Crippen LogP contribution is -2.02. The second-order valence-corrected chi connectivity index (χ2v) is 7.01. The standard InChI is InChI=1S/C16H14BrFOS/c17-16-11(5-3-6-12(16)18)8-13(19)15-9-10-4-1-2-7-14(10)20-15/h3,5-6,9H,1-2,4,7-8H2. The minimum Gasteiger partial charge on any atom is -0.293 e. The molecule has 0 aliphatic heterocycles. The second kappa shape index (κ2) is 5.78. The molecule has 0 spiro atoms. The van der Waals surface area contributed by atoms with E-state index in [1.165, 1.54) is 29.3 Å². The van der Waals surface area contributed by atoms with Crippen LogP contribution in [-0.4, -0.2) is 5.78 Å². The van der Waals surface area contributed by atoms with Crippen LogP contribution in [0.2, 0.25) is 0 Å². The van der Waals surface area contributed by atoms with Crippen molar-refractivity contribution in [1.82, 2.24) is 0 Å². The lowest BCUT2D eigenvalue weighted by molar-refractivity contribution is 0.0996.